The van der Waals surface area contributed by atoms with Gasteiger partial charge >= 0.3 is 12.1 Å². The average Bonchev–Trinajstić information content (AvgIpc) is 2.68. The predicted octanol–water partition coefficient (Wildman–Crippen LogP) is 3.13. The first-order chi connectivity index (χ1) is 13.0. The molecule has 9 heteroatoms. The molecule has 0 spiro atoms. The van der Waals surface area contributed by atoms with Gasteiger partial charge in [0.2, 0.25) is 5.88 Å². The Hall–Kier alpha value is -3.00. The van der Waals surface area contributed by atoms with E-state index >= 15 is 0 Å². The van der Waals surface area contributed by atoms with Gasteiger partial charge in [-0.1, -0.05) is 17.7 Å². The molecule has 27 heavy (non-hydrogen) atoms. The lowest BCUT2D eigenvalue weighted by Gasteiger charge is -2.34. The summed E-state index contributed by atoms with van der Waals surface area (Å²) >= 11 is 5.92. The molecule has 4 amide bonds. The first kappa shape index (κ1) is 18.8. The number of rotatable bonds is 3. The number of benzene rings is 1. The topological polar surface area (TPSA) is 86.8 Å². The predicted molar refractivity (Wildman–Crippen MR) is 103 cm³/mol. The van der Waals surface area contributed by atoms with Gasteiger partial charge in [-0.2, -0.15) is 0 Å². The molecule has 1 fully saturated rings. The molecule has 1 saturated heterocycles. The normalized spacial score (nSPS) is 13.9. The lowest BCUT2D eigenvalue weighted by atomic mass is 10.3. The van der Waals surface area contributed by atoms with Crippen LogP contribution in [-0.4, -0.2) is 60.1 Å². The van der Waals surface area contributed by atoms with E-state index in [1.54, 1.807) is 46.2 Å². The summed E-state index contributed by atoms with van der Waals surface area (Å²) in [5.41, 5.74) is 1.22. The van der Waals surface area contributed by atoms with Crippen LogP contribution >= 0.6 is 11.6 Å². The Balaban J connectivity index is 1.48. The minimum Gasteiger partial charge on any atom is -0.481 e. The fraction of sp³-hybridized carbons (Fsp3) is 0.278. The van der Waals surface area contributed by atoms with Crippen LogP contribution in [0, 0.1) is 0 Å². The summed E-state index contributed by atoms with van der Waals surface area (Å²) in [5.74, 6) is 0.479. The Labute approximate surface area is 162 Å². The maximum absolute atomic E-state index is 12.3. The van der Waals surface area contributed by atoms with Crippen molar-refractivity contribution in [2.75, 3.05) is 43.9 Å². The molecular weight excluding hydrogens is 370 g/mol. The Morgan fingerprint density at radius 1 is 1.00 bits per heavy atom. The summed E-state index contributed by atoms with van der Waals surface area (Å²) in [5, 5.41) is 6.16. The molecule has 2 N–H and O–H groups in total. The number of nitrogens with zero attached hydrogens (tertiary/aromatic N) is 3. The number of hydrogen-bond acceptors (Lipinski definition) is 4. The van der Waals surface area contributed by atoms with Crippen molar-refractivity contribution in [2.24, 2.45) is 0 Å². The Morgan fingerprint density at radius 3 is 2.15 bits per heavy atom. The van der Waals surface area contributed by atoms with Gasteiger partial charge in [-0.25, -0.2) is 14.6 Å². The molecule has 1 aliphatic rings. The van der Waals surface area contributed by atoms with Gasteiger partial charge in [0.1, 0.15) is 0 Å². The van der Waals surface area contributed by atoms with Crippen LogP contribution in [0.5, 0.6) is 5.88 Å². The number of carbonyl (C=O) groups excluding carboxylic acids is 2. The zero-order valence-electron chi connectivity index (χ0n) is 14.8. The summed E-state index contributed by atoms with van der Waals surface area (Å²) in [6.07, 6.45) is 1.53. The van der Waals surface area contributed by atoms with Gasteiger partial charge in [-0.15, -0.1) is 0 Å². The fourth-order valence-corrected chi connectivity index (χ4v) is 2.85. The third-order valence-electron chi connectivity index (χ3n) is 4.13. The second kappa shape index (κ2) is 8.59. The SMILES string of the molecule is COc1ccc(NC(=O)N2CCN(C(=O)Nc3cccc(Cl)c3)CC2)cn1. The number of aromatic nitrogens is 1. The van der Waals surface area contributed by atoms with Crippen molar-refractivity contribution in [3.63, 3.8) is 0 Å². The van der Waals surface area contributed by atoms with Crippen molar-refractivity contribution >= 4 is 35.0 Å². The molecule has 0 radical (unpaired) electrons. The monoisotopic (exact) mass is 389 g/mol. The second-order valence-electron chi connectivity index (χ2n) is 5.93. The quantitative estimate of drug-likeness (QED) is 0.844. The maximum atomic E-state index is 12.3. The van der Waals surface area contributed by atoms with Crippen LogP contribution in [0.15, 0.2) is 42.6 Å². The molecule has 0 saturated carbocycles. The largest absolute Gasteiger partial charge is 0.481 e. The van der Waals surface area contributed by atoms with Gasteiger partial charge in [0.15, 0.2) is 0 Å². The summed E-state index contributed by atoms with van der Waals surface area (Å²) in [4.78, 5) is 32.1. The third-order valence-corrected chi connectivity index (χ3v) is 4.36. The maximum Gasteiger partial charge on any atom is 0.322 e. The Morgan fingerprint density at radius 2 is 1.63 bits per heavy atom. The summed E-state index contributed by atoms with van der Waals surface area (Å²) < 4.78 is 4.99. The number of hydrogen-bond donors (Lipinski definition) is 2. The first-order valence-electron chi connectivity index (χ1n) is 8.42. The number of nitrogens with one attached hydrogen (secondary N) is 2. The van der Waals surface area contributed by atoms with Crippen LogP contribution in [0.1, 0.15) is 0 Å². The minimum atomic E-state index is -0.225. The molecule has 3 rings (SSSR count). The Bertz CT molecular complexity index is 807. The molecular formula is C18H20ClN5O3. The number of amides is 4. The van der Waals surface area contributed by atoms with Gasteiger partial charge in [-0.05, 0) is 24.3 Å². The number of piperazine rings is 1. The molecule has 142 valence electrons. The van der Waals surface area contributed by atoms with E-state index in [4.69, 9.17) is 16.3 Å². The van der Waals surface area contributed by atoms with Gasteiger partial charge in [0.05, 0.1) is 19.0 Å². The van der Waals surface area contributed by atoms with Crippen molar-refractivity contribution in [2.45, 2.75) is 0 Å². The van der Waals surface area contributed by atoms with E-state index < -0.39 is 0 Å². The van der Waals surface area contributed by atoms with E-state index in [1.165, 1.54) is 13.3 Å². The van der Waals surface area contributed by atoms with Gasteiger partial charge in [0, 0.05) is 43.0 Å². The smallest absolute Gasteiger partial charge is 0.322 e. The number of ether oxygens (including phenoxy) is 1. The number of anilines is 2. The molecule has 2 aromatic rings. The number of pyridine rings is 1. The zero-order chi connectivity index (χ0) is 19.2. The molecule has 2 heterocycles. The van der Waals surface area contributed by atoms with E-state index in [1.807, 2.05) is 0 Å². The van der Waals surface area contributed by atoms with Crippen molar-refractivity contribution in [1.29, 1.82) is 0 Å². The van der Waals surface area contributed by atoms with Crippen molar-refractivity contribution in [3.05, 3.63) is 47.6 Å². The summed E-state index contributed by atoms with van der Waals surface area (Å²) in [7, 11) is 1.53. The van der Waals surface area contributed by atoms with Gasteiger partial charge in [0.25, 0.3) is 0 Å². The molecule has 0 aliphatic carbocycles. The average molecular weight is 390 g/mol. The molecule has 1 aromatic carbocycles. The highest BCUT2D eigenvalue weighted by atomic mass is 35.5. The molecule has 1 aromatic heterocycles. The molecule has 0 unspecified atom stereocenters. The van der Waals surface area contributed by atoms with E-state index in [2.05, 4.69) is 15.6 Å². The van der Waals surface area contributed by atoms with Crippen LogP contribution in [0.3, 0.4) is 0 Å². The van der Waals surface area contributed by atoms with Crippen molar-refractivity contribution in [3.8, 4) is 5.88 Å². The number of methoxy groups -OCH3 is 1. The highest BCUT2D eigenvalue weighted by Crippen LogP contribution is 2.16. The number of carbonyl (C=O) groups is 2. The minimum absolute atomic E-state index is 0.211. The third kappa shape index (κ3) is 5.01. The highest BCUT2D eigenvalue weighted by Gasteiger charge is 2.24. The van der Waals surface area contributed by atoms with Crippen LogP contribution < -0.4 is 15.4 Å². The molecule has 8 nitrogen and oxygen atoms in total. The van der Waals surface area contributed by atoms with E-state index in [-0.39, 0.29) is 12.1 Å². The van der Waals surface area contributed by atoms with Crippen LogP contribution in [0.2, 0.25) is 5.02 Å². The van der Waals surface area contributed by atoms with E-state index in [0.29, 0.717) is 48.5 Å². The van der Waals surface area contributed by atoms with Crippen molar-refractivity contribution in [1.82, 2.24) is 14.8 Å². The summed E-state index contributed by atoms with van der Waals surface area (Å²) in [6, 6.07) is 9.93. The van der Waals surface area contributed by atoms with Gasteiger partial charge < -0.3 is 25.2 Å². The second-order valence-corrected chi connectivity index (χ2v) is 6.37. The number of halogens is 1. The first-order valence-corrected chi connectivity index (χ1v) is 8.80. The summed E-state index contributed by atoms with van der Waals surface area (Å²) in [6.45, 7) is 1.78. The molecule has 1 aliphatic heterocycles. The van der Waals surface area contributed by atoms with E-state index in [9.17, 15) is 9.59 Å². The Kier molecular flexibility index (Phi) is 5.97. The van der Waals surface area contributed by atoms with Gasteiger partial charge in [-0.3, -0.25) is 0 Å². The fourth-order valence-electron chi connectivity index (χ4n) is 2.66. The highest BCUT2D eigenvalue weighted by molar-refractivity contribution is 6.30. The van der Waals surface area contributed by atoms with Crippen LogP contribution in [0.25, 0.3) is 0 Å². The lowest BCUT2D eigenvalue weighted by molar-refractivity contribution is 0.156. The zero-order valence-corrected chi connectivity index (χ0v) is 15.6. The number of urea groups is 2. The standard InChI is InChI=1S/C18H20ClN5O3/c1-27-16-6-5-15(12-20-16)22-18(26)24-9-7-23(8-10-24)17(25)21-14-4-2-3-13(19)11-14/h2-6,11-12H,7-10H2,1H3,(H,21,25)(H,22,26). The molecule has 0 bridgehead atoms. The lowest BCUT2D eigenvalue weighted by Crippen LogP contribution is -2.52. The van der Waals surface area contributed by atoms with Crippen LogP contribution in [0.4, 0.5) is 21.0 Å². The van der Waals surface area contributed by atoms with Crippen molar-refractivity contribution < 1.29 is 14.3 Å². The van der Waals surface area contributed by atoms with E-state index in [0.717, 1.165) is 0 Å². The van der Waals surface area contributed by atoms with Crippen LogP contribution in [-0.2, 0) is 0 Å². The molecule has 0 atom stereocenters.